The first-order chi connectivity index (χ1) is 16.9. The molecule has 1 fully saturated rings. The van der Waals surface area contributed by atoms with E-state index in [0.717, 1.165) is 28.6 Å². The minimum atomic E-state index is -0.577. The largest absolute Gasteiger partial charge is 0.347 e. The van der Waals surface area contributed by atoms with E-state index in [1.807, 2.05) is 35.2 Å². The SMILES string of the molecule is C#CCN1C[C@H](C(=O)NO)[C@H](NC(=O)c2ccc(Cc3cc(C(C)C)nc4ccccc34)cc2)C1. The van der Waals surface area contributed by atoms with Crippen LogP contribution in [0.4, 0.5) is 0 Å². The van der Waals surface area contributed by atoms with Gasteiger partial charge in [-0.25, -0.2) is 5.48 Å². The van der Waals surface area contributed by atoms with Gasteiger partial charge in [0.05, 0.1) is 24.0 Å². The van der Waals surface area contributed by atoms with Crippen LogP contribution < -0.4 is 10.8 Å². The van der Waals surface area contributed by atoms with E-state index in [-0.39, 0.29) is 5.91 Å². The molecule has 0 radical (unpaired) electrons. The third-order valence-corrected chi connectivity index (χ3v) is 6.50. The lowest BCUT2D eigenvalue weighted by atomic mass is 9.97. The molecule has 0 bridgehead atoms. The number of hydrogen-bond acceptors (Lipinski definition) is 5. The first-order valence-electron chi connectivity index (χ1n) is 11.8. The highest BCUT2D eigenvalue weighted by atomic mass is 16.5. The van der Waals surface area contributed by atoms with Crippen molar-refractivity contribution in [1.82, 2.24) is 20.7 Å². The second kappa shape index (κ2) is 10.7. The summed E-state index contributed by atoms with van der Waals surface area (Å²) in [5, 5.41) is 13.1. The van der Waals surface area contributed by atoms with E-state index >= 15 is 0 Å². The van der Waals surface area contributed by atoms with E-state index in [2.05, 4.69) is 37.2 Å². The summed E-state index contributed by atoms with van der Waals surface area (Å²) in [5.41, 5.74) is 6.54. The van der Waals surface area contributed by atoms with Gasteiger partial charge in [0.15, 0.2) is 0 Å². The minimum Gasteiger partial charge on any atom is -0.347 e. The normalized spacial score (nSPS) is 17.9. The van der Waals surface area contributed by atoms with E-state index in [1.54, 1.807) is 17.6 Å². The van der Waals surface area contributed by atoms with Crippen LogP contribution in [0.2, 0.25) is 0 Å². The molecule has 3 N–H and O–H groups in total. The number of hydrogen-bond donors (Lipinski definition) is 3. The molecule has 35 heavy (non-hydrogen) atoms. The van der Waals surface area contributed by atoms with Crippen LogP contribution in [-0.2, 0) is 11.2 Å². The van der Waals surface area contributed by atoms with E-state index in [4.69, 9.17) is 16.6 Å². The molecule has 1 saturated heterocycles. The number of nitrogens with zero attached hydrogens (tertiary/aromatic N) is 2. The molecule has 1 aliphatic rings. The van der Waals surface area contributed by atoms with Crippen LogP contribution in [-0.4, -0.2) is 52.6 Å². The van der Waals surface area contributed by atoms with Crippen molar-refractivity contribution >= 4 is 22.7 Å². The number of likely N-dealkylation sites (tertiary alicyclic amines) is 1. The van der Waals surface area contributed by atoms with Crippen molar-refractivity contribution in [1.29, 1.82) is 0 Å². The van der Waals surface area contributed by atoms with Gasteiger partial charge in [-0.2, -0.15) is 0 Å². The molecule has 0 unspecified atom stereocenters. The van der Waals surface area contributed by atoms with Crippen molar-refractivity contribution in [3.63, 3.8) is 0 Å². The van der Waals surface area contributed by atoms with Crippen LogP contribution in [0, 0.1) is 18.3 Å². The van der Waals surface area contributed by atoms with Crippen molar-refractivity contribution in [2.45, 2.75) is 32.2 Å². The number of para-hydroxylation sites is 1. The summed E-state index contributed by atoms with van der Waals surface area (Å²) in [6.45, 7) is 5.47. The number of fused-ring (bicyclic) bond motifs is 1. The average molecular weight is 471 g/mol. The van der Waals surface area contributed by atoms with Gasteiger partial charge in [-0.1, -0.05) is 50.1 Å². The quantitative estimate of drug-likeness (QED) is 0.280. The maximum Gasteiger partial charge on any atom is 0.251 e. The standard InChI is InChI=1S/C28H30N4O3/c1-4-13-32-16-23(28(34)31-35)26(17-32)30-27(33)20-11-9-19(10-12-20)14-21-15-25(18(2)3)29-24-8-6-5-7-22(21)24/h1,5-12,15,18,23,26,35H,13-14,16-17H2,2-3H3,(H,30,33)(H,31,34)/t23-,26+/m0/s1. The number of carbonyl (C=O) groups is 2. The van der Waals surface area contributed by atoms with Crippen LogP contribution in [0.25, 0.3) is 10.9 Å². The lowest BCUT2D eigenvalue weighted by molar-refractivity contribution is -0.133. The van der Waals surface area contributed by atoms with E-state index in [9.17, 15) is 9.59 Å². The first-order valence-corrected chi connectivity index (χ1v) is 11.8. The molecule has 0 saturated carbocycles. The third-order valence-electron chi connectivity index (χ3n) is 6.50. The Kier molecular flexibility index (Phi) is 7.45. The number of aromatic nitrogens is 1. The molecule has 2 amide bonds. The number of rotatable bonds is 7. The fourth-order valence-electron chi connectivity index (χ4n) is 4.60. The van der Waals surface area contributed by atoms with Gasteiger partial charge in [0, 0.05) is 29.7 Å². The van der Waals surface area contributed by atoms with Gasteiger partial charge < -0.3 is 5.32 Å². The van der Waals surface area contributed by atoms with Crippen molar-refractivity contribution in [3.05, 3.63) is 77.0 Å². The first kappa shape index (κ1) is 24.4. The molecule has 2 heterocycles. The number of amides is 2. The number of hydroxylamine groups is 1. The number of carbonyl (C=O) groups excluding carboxylic acids is 2. The summed E-state index contributed by atoms with van der Waals surface area (Å²) in [6.07, 6.45) is 6.12. The smallest absolute Gasteiger partial charge is 0.251 e. The number of nitrogens with one attached hydrogen (secondary N) is 2. The van der Waals surface area contributed by atoms with Crippen LogP contribution in [0.5, 0.6) is 0 Å². The van der Waals surface area contributed by atoms with Crippen LogP contribution >= 0.6 is 0 Å². The number of pyridine rings is 1. The number of benzene rings is 2. The summed E-state index contributed by atoms with van der Waals surface area (Å²) < 4.78 is 0. The Bertz CT molecular complexity index is 1260. The van der Waals surface area contributed by atoms with Crippen molar-refractivity contribution in [2.75, 3.05) is 19.6 Å². The van der Waals surface area contributed by atoms with Crippen molar-refractivity contribution < 1.29 is 14.8 Å². The van der Waals surface area contributed by atoms with Gasteiger partial charge in [-0.15, -0.1) is 6.42 Å². The predicted molar refractivity (Wildman–Crippen MR) is 135 cm³/mol. The zero-order valence-corrected chi connectivity index (χ0v) is 20.0. The van der Waals surface area contributed by atoms with Gasteiger partial charge >= 0.3 is 0 Å². The molecule has 2 atom stereocenters. The molecule has 7 heteroatoms. The Hall–Kier alpha value is -3.73. The van der Waals surface area contributed by atoms with E-state index in [1.165, 1.54) is 5.56 Å². The summed E-state index contributed by atoms with van der Waals surface area (Å²) in [6, 6.07) is 17.4. The molecule has 1 aromatic heterocycles. The maximum absolute atomic E-state index is 12.9. The highest BCUT2D eigenvalue weighted by molar-refractivity contribution is 5.95. The summed E-state index contributed by atoms with van der Waals surface area (Å²) in [5.74, 6) is 1.51. The van der Waals surface area contributed by atoms with Crippen LogP contribution in [0.1, 0.15) is 46.9 Å². The lowest BCUT2D eigenvalue weighted by Crippen LogP contribution is -2.45. The van der Waals surface area contributed by atoms with E-state index in [0.29, 0.717) is 31.1 Å². The molecule has 0 spiro atoms. The van der Waals surface area contributed by atoms with Crippen LogP contribution in [0.15, 0.2) is 54.6 Å². The monoisotopic (exact) mass is 470 g/mol. The fourth-order valence-corrected chi connectivity index (χ4v) is 4.60. The van der Waals surface area contributed by atoms with Gasteiger partial charge in [0.2, 0.25) is 5.91 Å². The zero-order chi connectivity index (χ0) is 24.9. The Morgan fingerprint density at radius 3 is 2.60 bits per heavy atom. The predicted octanol–water partition coefficient (Wildman–Crippen LogP) is 3.12. The Morgan fingerprint density at radius 2 is 1.91 bits per heavy atom. The van der Waals surface area contributed by atoms with Crippen molar-refractivity contribution in [3.8, 4) is 12.3 Å². The summed E-state index contributed by atoms with van der Waals surface area (Å²) >= 11 is 0. The molecule has 3 aromatic rings. The fraction of sp³-hybridized carbons (Fsp3) is 0.321. The zero-order valence-electron chi connectivity index (χ0n) is 20.0. The minimum absolute atomic E-state index is 0.267. The van der Waals surface area contributed by atoms with Gasteiger partial charge in [-0.05, 0) is 47.7 Å². The molecule has 0 aliphatic carbocycles. The summed E-state index contributed by atoms with van der Waals surface area (Å²) in [4.78, 5) is 31.7. The molecular formula is C28H30N4O3. The average Bonchev–Trinajstić information content (AvgIpc) is 3.26. The van der Waals surface area contributed by atoms with Gasteiger partial charge in [-0.3, -0.25) is 24.7 Å². The van der Waals surface area contributed by atoms with Crippen LogP contribution in [0.3, 0.4) is 0 Å². The molecular weight excluding hydrogens is 440 g/mol. The molecule has 180 valence electrons. The molecule has 4 rings (SSSR count). The summed E-state index contributed by atoms with van der Waals surface area (Å²) in [7, 11) is 0. The molecule has 1 aliphatic heterocycles. The highest BCUT2D eigenvalue weighted by Crippen LogP contribution is 2.25. The molecule has 2 aromatic carbocycles. The third kappa shape index (κ3) is 5.51. The number of terminal acetylenes is 1. The van der Waals surface area contributed by atoms with E-state index < -0.39 is 17.9 Å². The Morgan fingerprint density at radius 1 is 1.17 bits per heavy atom. The lowest BCUT2D eigenvalue weighted by Gasteiger charge is -2.18. The second-order valence-electron chi connectivity index (χ2n) is 9.31. The highest BCUT2D eigenvalue weighted by Gasteiger charge is 2.38. The van der Waals surface area contributed by atoms with Crippen molar-refractivity contribution in [2.24, 2.45) is 5.92 Å². The van der Waals surface area contributed by atoms with Gasteiger partial charge in [0.25, 0.3) is 5.91 Å². The Balaban J connectivity index is 1.49. The second-order valence-corrected chi connectivity index (χ2v) is 9.31. The maximum atomic E-state index is 12.9. The molecule has 7 nitrogen and oxygen atoms in total. The Labute approximate surface area is 205 Å². The van der Waals surface area contributed by atoms with Gasteiger partial charge in [0.1, 0.15) is 0 Å². The topological polar surface area (TPSA) is 94.6 Å².